The molecule has 0 saturated heterocycles. The fourth-order valence-electron chi connectivity index (χ4n) is 0. The van der Waals surface area contributed by atoms with Gasteiger partial charge in [-0.05, 0) is 0 Å². The third-order valence-electron chi connectivity index (χ3n) is 0. The zero-order chi connectivity index (χ0) is 8.08. The van der Waals surface area contributed by atoms with Crippen LogP contribution in [0.25, 0.3) is 0 Å². The van der Waals surface area contributed by atoms with Gasteiger partial charge in [-0.2, -0.15) is 13.9 Å². The van der Waals surface area contributed by atoms with Crippen LogP contribution >= 0.6 is 0 Å². The van der Waals surface area contributed by atoms with Crippen molar-refractivity contribution in [3.05, 3.63) is 0 Å². The molecule has 2 nitrogen and oxygen atoms in total. The van der Waals surface area contributed by atoms with Gasteiger partial charge in [-0.15, -0.1) is 18.3 Å². The predicted octanol–water partition coefficient (Wildman–Crippen LogP) is 1.58. The lowest BCUT2D eigenvalue weighted by Gasteiger charge is -1.82. The van der Waals surface area contributed by atoms with Crippen LogP contribution in [0.2, 0.25) is 0 Å². The molecule has 0 aliphatic carbocycles. The Kier molecular flexibility index (Phi) is 5.62. The summed E-state index contributed by atoms with van der Waals surface area (Å²) in [5, 5.41) is 16.3. The van der Waals surface area contributed by atoms with Crippen LogP contribution in [-0.4, -0.2) is 13.0 Å². The molecule has 0 fully saturated rings. The van der Waals surface area contributed by atoms with Gasteiger partial charge in [-0.25, -0.2) is 0 Å². The van der Waals surface area contributed by atoms with E-state index in [9.17, 15) is 22.0 Å². The SMILES string of the molecule is [O]C(F)(F)F.[O]C(F)F. The van der Waals surface area contributed by atoms with Gasteiger partial charge in [0.2, 0.25) is 0 Å². The molecule has 9 heavy (non-hydrogen) atoms. The fourth-order valence-corrected chi connectivity index (χ4v) is 0. The molecule has 0 bridgehead atoms. The maximum absolute atomic E-state index is 9.80. The molecule has 56 valence electrons. The van der Waals surface area contributed by atoms with Crippen LogP contribution in [0.3, 0.4) is 0 Å². The third kappa shape index (κ3) is 1270. The van der Waals surface area contributed by atoms with Crippen molar-refractivity contribution < 1.29 is 32.2 Å². The van der Waals surface area contributed by atoms with Crippen LogP contribution in [0, 0.1) is 0 Å². The molecule has 7 heteroatoms. The lowest BCUT2D eigenvalue weighted by Crippen LogP contribution is -1.99. The average molecular weight is 152 g/mol. The normalized spacial score (nSPS) is 10.7. The van der Waals surface area contributed by atoms with E-state index in [4.69, 9.17) is 10.2 Å². The Labute approximate surface area is 46.5 Å². The van der Waals surface area contributed by atoms with E-state index in [2.05, 4.69) is 0 Å². The maximum atomic E-state index is 9.80. The minimum Gasteiger partial charge on any atom is -0.176 e. The third-order valence-corrected chi connectivity index (χ3v) is 0. The summed E-state index contributed by atoms with van der Waals surface area (Å²) >= 11 is 0. The number of alkyl halides is 5. The molecule has 0 aliphatic rings. The molecule has 0 N–H and O–H groups in total. The number of hydrogen-bond donors (Lipinski definition) is 0. The van der Waals surface area contributed by atoms with Crippen LogP contribution in [0.5, 0.6) is 0 Å². The molecular weight excluding hydrogens is 151 g/mol. The van der Waals surface area contributed by atoms with E-state index in [0.29, 0.717) is 0 Å². The molecule has 0 heterocycles. The first-order valence-corrected chi connectivity index (χ1v) is 1.44. The Morgan fingerprint density at radius 3 is 1.11 bits per heavy atom. The topological polar surface area (TPSA) is 39.8 Å². The van der Waals surface area contributed by atoms with Crippen molar-refractivity contribution in [1.29, 1.82) is 0 Å². The highest BCUT2D eigenvalue weighted by Crippen LogP contribution is 2.07. The Balaban J connectivity index is 0. The van der Waals surface area contributed by atoms with Gasteiger partial charge in [0.1, 0.15) is 0 Å². The Hall–Kier alpha value is -0.430. The predicted molar refractivity (Wildman–Crippen MR) is 13.4 cm³/mol. The molecule has 0 aromatic heterocycles. The van der Waals surface area contributed by atoms with Gasteiger partial charge < -0.3 is 0 Å². The van der Waals surface area contributed by atoms with E-state index in [-0.39, 0.29) is 0 Å². The summed E-state index contributed by atoms with van der Waals surface area (Å²) in [6.07, 6.45) is -5.25. The molecule has 0 saturated carbocycles. The summed E-state index contributed by atoms with van der Waals surface area (Å²) in [7, 11) is 0. The van der Waals surface area contributed by atoms with Crippen molar-refractivity contribution in [3.8, 4) is 0 Å². The summed E-state index contributed by atoms with van der Waals surface area (Å²) in [6.45, 7) is -3.42. The van der Waals surface area contributed by atoms with E-state index >= 15 is 0 Å². The second-order valence-electron chi connectivity index (χ2n) is 0.706. The smallest absolute Gasteiger partial charge is 0.176 e. The Morgan fingerprint density at radius 1 is 1.11 bits per heavy atom. The Bertz CT molecular complexity index is 49.7. The van der Waals surface area contributed by atoms with Crippen molar-refractivity contribution >= 4 is 0 Å². The van der Waals surface area contributed by atoms with Crippen LogP contribution in [-0.2, 0) is 10.2 Å². The van der Waals surface area contributed by atoms with Crippen molar-refractivity contribution in [2.24, 2.45) is 0 Å². The van der Waals surface area contributed by atoms with Gasteiger partial charge in [0.05, 0.1) is 0 Å². The first-order valence-electron chi connectivity index (χ1n) is 1.44. The summed E-state index contributed by atoms with van der Waals surface area (Å²) in [4.78, 5) is 0. The molecule has 0 rings (SSSR count). The van der Waals surface area contributed by atoms with Crippen molar-refractivity contribution in [2.45, 2.75) is 13.0 Å². The van der Waals surface area contributed by atoms with Gasteiger partial charge in [0.15, 0.2) is 0 Å². The molecular formula is C2HF5O2. The van der Waals surface area contributed by atoms with E-state index in [1.807, 2.05) is 0 Å². The van der Waals surface area contributed by atoms with Gasteiger partial charge in [-0.1, -0.05) is 0 Å². The molecule has 0 amide bonds. The zero-order valence-corrected chi connectivity index (χ0v) is 3.78. The van der Waals surface area contributed by atoms with Gasteiger partial charge in [0.25, 0.3) is 0 Å². The first-order chi connectivity index (χ1) is 3.73. The summed E-state index contributed by atoms with van der Waals surface area (Å²) in [6, 6.07) is 0. The lowest BCUT2D eigenvalue weighted by atomic mass is 11.4. The van der Waals surface area contributed by atoms with E-state index < -0.39 is 13.0 Å². The maximum Gasteiger partial charge on any atom is 0.549 e. The van der Waals surface area contributed by atoms with Crippen LogP contribution in [0.1, 0.15) is 0 Å². The second kappa shape index (κ2) is 4.45. The zero-order valence-electron chi connectivity index (χ0n) is 3.78. The number of rotatable bonds is 0. The monoisotopic (exact) mass is 152 g/mol. The molecule has 0 aromatic carbocycles. The average Bonchev–Trinajstić information content (AvgIpc) is 1.19. The molecule has 0 aromatic rings. The number of hydrogen-bond acceptors (Lipinski definition) is 0. The van der Waals surface area contributed by atoms with Gasteiger partial charge >= 0.3 is 13.0 Å². The van der Waals surface area contributed by atoms with Crippen LogP contribution < -0.4 is 0 Å². The van der Waals surface area contributed by atoms with Gasteiger partial charge in [-0.3, -0.25) is 0 Å². The van der Waals surface area contributed by atoms with Crippen LogP contribution in [0.15, 0.2) is 0 Å². The Morgan fingerprint density at radius 2 is 1.11 bits per heavy atom. The fraction of sp³-hybridized carbons (Fsp3) is 1.00. The molecule has 0 spiro atoms. The van der Waals surface area contributed by atoms with Crippen molar-refractivity contribution in [3.63, 3.8) is 0 Å². The summed E-state index contributed by atoms with van der Waals surface area (Å²) in [5.41, 5.74) is 0. The minimum atomic E-state index is -5.25. The van der Waals surface area contributed by atoms with E-state index in [1.54, 1.807) is 0 Å². The highest BCUT2D eigenvalue weighted by atomic mass is 19.4. The quantitative estimate of drug-likeness (QED) is 0.472. The highest BCUT2D eigenvalue weighted by molar-refractivity contribution is 4.05. The van der Waals surface area contributed by atoms with Crippen LogP contribution in [0.4, 0.5) is 22.0 Å². The lowest BCUT2D eigenvalue weighted by molar-refractivity contribution is -0.331. The minimum absolute atomic E-state index is 3.42. The first kappa shape index (κ1) is 11.4. The molecule has 0 unspecified atom stereocenters. The summed E-state index contributed by atoms with van der Waals surface area (Å²) < 4.78 is 49.0. The highest BCUT2D eigenvalue weighted by Gasteiger charge is 2.24. The van der Waals surface area contributed by atoms with Crippen molar-refractivity contribution in [1.82, 2.24) is 0 Å². The largest absolute Gasteiger partial charge is 0.549 e. The standard InChI is InChI=1S/CF3O.CHF2O/c2-1(3,4)5;2-1(3)4/h;1H. The van der Waals surface area contributed by atoms with Crippen molar-refractivity contribution in [2.75, 3.05) is 0 Å². The summed E-state index contributed by atoms with van der Waals surface area (Å²) in [5.74, 6) is 0. The van der Waals surface area contributed by atoms with E-state index in [1.165, 1.54) is 0 Å². The second-order valence-corrected chi connectivity index (χ2v) is 0.706. The molecule has 2 radical (unpaired) electrons. The molecule has 0 atom stereocenters. The van der Waals surface area contributed by atoms with E-state index in [0.717, 1.165) is 0 Å². The molecule has 0 aliphatic heterocycles. The number of halogens is 5. The van der Waals surface area contributed by atoms with Gasteiger partial charge in [0, 0.05) is 0 Å².